The Hall–Kier alpha value is -3.84. The number of anilines is 1. The summed E-state index contributed by atoms with van der Waals surface area (Å²) in [5.41, 5.74) is 6.89. The Balaban J connectivity index is 1.57. The number of carbonyl (C=O) groups excluding carboxylic acids is 3. The van der Waals surface area contributed by atoms with E-state index in [1.807, 2.05) is 18.2 Å². The molecule has 158 valence electrons. The minimum absolute atomic E-state index is 0.172. The normalized spacial score (nSPS) is 10.2. The summed E-state index contributed by atoms with van der Waals surface area (Å²) in [6.07, 6.45) is 0. The first-order chi connectivity index (χ1) is 14.9. The third-order valence-electron chi connectivity index (χ3n) is 4.24. The maximum Gasteiger partial charge on any atom is 0.342 e. The van der Waals surface area contributed by atoms with Gasteiger partial charge < -0.3 is 20.5 Å². The van der Waals surface area contributed by atoms with Crippen LogP contribution in [-0.2, 0) is 16.1 Å². The van der Waals surface area contributed by atoms with Gasteiger partial charge in [0.25, 0.3) is 5.91 Å². The van der Waals surface area contributed by atoms with Crippen LogP contribution in [0.25, 0.3) is 0 Å². The van der Waals surface area contributed by atoms with Crippen molar-refractivity contribution in [3.05, 3.63) is 94.5 Å². The lowest BCUT2D eigenvalue weighted by Gasteiger charge is -2.12. The molecule has 0 aliphatic carbocycles. The molecule has 2 amide bonds. The number of hydrogen-bond donors (Lipinski definition) is 2. The highest BCUT2D eigenvalue weighted by atomic mass is 35.5. The van der Waals surface area contributed by atoms with E-state index in [4.69, 9.17) is 26.8 Å². The van der Waals surface area contributed by atoms with Gasteiger partial charge in [-0.05, 0) is 42.5 Å². The van der Waals surface area contributed by atoms with Crippen molar-refractivity contribution in [1.82, 2.24) is 0 Å². The van der Waals surface area contributed by atoms with Gasteiger partial charge in [-0.25, -0.2) is 4.79 Å². The number of primary amides is 1. The number of nitrogens with two attached hydrogens (primary N) is 1. The number of hydrogen-bond acceptors (Lipinski definition) is 5. The first kappa shape index (κ1) is 21.9. The Bertz CT molecular complexity index is 1100. The number of amides is 2. The number of rotatable bonds is 8. The summed E-state index contributed by atoms with van der Waals surface area (Å²) in [5, 5.41) is 3.13. The van der Waals surface area contributed by atoms with Crippen molar-refractivity contribution in [2.75, 3.05) is 11.9 Å². The third kappa shape index (κ3) is 6.07. The van der Waals surface area contributed by atoms with E-state index in [0.717, 1.165) is 5.56 Å². The van der Waals surface area contributed by atoms with Crippen molar-refractivity contribution < 1.29 is 23.9 Å². The second-order valence-corrected chi connectivity index (χ2v) is 6.85. The largest absolute Gasteiger partial charge is 0.488 e. The molecule has 7 nitrogen and oxygen atoms in total. The second kappa shape index (κ2) is 10.3. The fraction of sp³-hybridized carbons (Fsp3) is 0.0870. The van der Waals surface area contributed by atoms with Crippen LogP contribution in [0.5, 0.6) is 5.75 Å². The molecule has 0 heterocycles. The lowest BCUT2D eigenvalue weighted by Crippen LogP contribution is -2.21. The van der Waals surface area contributed by atoms with Gasteiger partial charge in [0.1, 0.15) is 17.9 Å². The van der Waals surface area contributed by atoms with Crippen molar-refractivity contribution >= 4 is 35.1 Å². The molecule has 3 rings (SSSR count). The summed E-state index contributed by atoms with van der Waals surface area (Å²) in [6.45, 7) is -0.318. The summed E-state index contributed by atoms with van der Waals surface area (Å²) in [7, 11) is 0. The molecule has 8 heteroatoms. The molecule has 0 bridgehead atoms. The van der Waals surface area contributed by atoms with Crippen molar-refractivity contribution in [3.63, 3.8) is 0 Å². The Morgan fingerprint density at radius 3 is 2.29 bits per heavy atom. The molecule has 0 fully saturated rings. The summed E-state index contributed by atoms with van der Waals surface area (Å²) >= 11 is 6.13. The quantitative estimate of drug-likeness (QED) is 0.520. The molecule has 0 aliphatic rings. The maximum absolute atomic E-state index is 12.5. The van der Waals surface area contributed by atoms with Crippen molar-refractivity contribution in [2.24, 2.45) is 5.73 Å². The zero-order valence-electron chi connectivity index (χ0n) is 16.3. The van der Waals surface area contributed by atoms with Gasteiger partial charge in [-0.1, -0.05) is 41.9 Å². The molecule has 3 N–H and O–H groups in total. The fourth-order valence-corrected chi connectivity index (χ4v) is 2.85. The van der Waals surface area contributed by atoms with Gasteiger partial charge >= 0.3 is 5.97 Å². The van der Waals surface area contributed by atoms with Crippen LogP contribution in [0.3, 0.4) is 0 Å². The van der Waals surface area contributed by atoms with Crippen LogP contribution in [0.4, 0.5) is 5.69 Å². The van der Waals surface area contributed by atoms with Crippen LogP contribution >= 0.6 is 11.6 Å². The van der Waals surface area contributed by atoms with E-state index in [0.29, 0.717) is 22.0 Å². The van der Waals surface area contributed by atoms with Gasteiger partial charge in [-0.15, -0.1) is 0 Å². The molecular formula is C23H19ClN2O5. The van der Waals surface area contributed by atoms with E-state index in [2.05, 4.69) is 5.32 Å². The van der Waals surface area contributed by atoms with Gasteiger partial charge in [0.05, 0.1) is 0 Å². The van der Waals surface area contributed by atoms with E-state index in [1.165, 1.54) is 24.3 Å². The van der Waals surface area contributed by atoms with Gasteiger partial charge in [0, 0.05) is 21.8 Å². The number of benzene rings is 3. The maximum atomic E-state index is 12.5. The molecule has 0 radical (unpaired) electrons. The summed E-state index contributed by atoms with van der Waals surface area (Å²) in [4.78, 5) is 35.6. The highest BCUT2D eigenvalue weighted by Crippen LogP contribution is 2.22. The number of carbonyl (C=O) groups is 3. The van der Waals surface area contributed by atoms with Crippen LogP contribution in [0.15, 0.2) is 72.8 Å². The van der Waals surface area contributed by atoms with Gasteiger partial charge in [-0.3, -0.25) is 9.59 Å². The first-order valence-electron chi connectivity index (χ1n) is 9.26. The monoisotopic (exact) mass is 438 g/mol. The number of nitrogens with one attached hydrogen (secondary N) is 1. The van der Waals surface area contributed by atoms with Gasteiger partial charge in [0.2, 0.25) is 5.91 Å². The predicted octanol–water partition coefficient (Wildman–Crippen LogP) is 3.81. The van der Waals surface area contributed by atoms with Crippen molar-refractivity contribution in [3.8, 4) is 5.75 Å². The molecule has 0 aromatic heterocycles. The van der Waals surface area contributed by atoms with E-state index < -0.39 is 24.4 Å². The van der Waals surface area contributed by atoms with Gasteiger partial charge in [0.15, 0.2) is 6.61 Å². The molecule has 3 aromatic rings. The zero-order valence-corrected chi connectivity index (χ0v) is 17.1. The molecule has 31 heavy (non-hydrogen) atoms. The predicted molar refractivity (Wildman–Crippen MR) is 116 cm³/mol. The number of esters is 1. The summed E-state index contributed by atoms with van der Waals surface area (Å²) < 4.78 is 10.8. The lowest BCUT2D eigenvalue weighted by molar-refractivity contribution is -0.119. The summed E-state index contributed by atoms with van der Waals surface area (Å²) in [6, 6.07) is 19.8. The first-order valence-corrected chi connectivity index (χ1v) is 9.64. The lowest BCUT2D eigenvalue weighted by atomic mass is 10.2. The van der Waals surface area contributed by atoms with Crippen LogP contribution in [0.1, 0.15) is 26.3 Å². The average Bonchev–Trinajstić information content (AvgIpc) is 2.77. The average molecular weight is 439 g/mol. The Labute approximate surface area is 183 Å². The van der Waals surface area contributed by atoms with Crippen LogP contribution in [0, 0.1) is 0 Å². The fourth-order valence-electron chi connectivity index (χ4n) is 2.66. The smallest absolute Gasteiger partial charge is 0.342 e. The molecule has 0 saturated heterocycles. The van der Waals surface area contributed by atoms with E-state index in [9.17, 15) is 14.4 Å². The van der Waals surface area contributed by atoms with E-state index in [1.54, 1.807) is 30.3 Å². The number of halogens is 1. The van der Waals surface area contributed by atoms with Crippen LogP contribution < -0.4 is 15.8 Å². The van der Waals surface area contributed by atoms with Crippen molar-refractivity contribution in [2.45, 2.75) is 6.61 Å². The SMILES string of the molecule is NC(=O)c1ccc(NC(=O)COC(=O)c2ccccc2OCc2ccccc2Cl)cc1. The highest BCUT2D eigenvalue weighted by Gasteiger charge is 2.16. The molecule has 3 aromatic carbocycles. The molecule has 0 spiro atoms. The minimum atomic E-state index is -0.700. The van der Waals surface area contributed by atoms with Crippen LogP contribution in [-0.4, -0.2) is 24.4 Å². The number of para-hydroxylation sites is 1. The molecule has 0 atom stereocenters. The molecular weight excluding hydrogens is 420 g/mol. The van der Waals surface area contributed by atoms with E-state index >= 15 is 0 Å². The third-order valence-corrected chi connectivity index (χ3v) is 4.60. The minimum Gasteiger partial charge on any atom is -0.488 e. The Morgan fingerprint density at radius 1 is 0.903 bits per heavy atom. The highest BCUT2D eigenvalue weighted by molar-refractivity contribution is 6.31. The summed E-state index contributed by atoms with van der Waals surface area (Å²) in [5.74, 6) is -1.49. The second-order valence-electron chi connectivity index (χ2n) is 6.44. The van der Waals surface area contributed by atoms with E-state index in [-0.39, 0.29) is 12.2 Å². The zero-order chi connectivity index (χ0) is 22.2. The Morgan fingerprint density at radius 2 is 1.58 bits per heavy atom. The number of ether oxygens (including phenoxy) is 2. The molecule has 0 aliphatic heterocycles. The molecule has 0 unspecified atom stereocenters. The topological polar surface area (TPSA) is 108 Å². The molecule has 0 saturated carbocycles. The Kier molecular flexibility index (Phi) is 7.24. The standard InChI is InChI=1S/C23H19ClN2O5/c24-19-7-3-1-5-16(19)13-30-20-8-4-2-6-18(20)23(29)31-14-21(27)26-17-11-9-15(10-12-17)22(25)28/h1-12H,13-14H2,(H2,25,28)(H,26,27). The van der Waals surface area contributed by atoms with Crippen LogP contribution in [0.2, 0.25) is 5.02 Å². The van der Waals surface area contributed by atoms with Gasteiger partial charge in [-0.2, -0.15) is 0 Å². The van der Waals surface area contributed by atoms with Crippen molar-refractivity contribution in [1.29, 1.82) is 0 Å².